The van der Waals surface area contributed by atoms with Crippen molar-refractivity contribution in [1.29, 1.82) is 0 Å². The zero-order valence-electron chi connectivity index (χ0n) is 42.5. The van der Waals surface area contributed by atoms with Gasteiger partial charge in [-0.25, -0.2) is 4.79 Å². The summed E-state index contributed by atoms with van der Waals surface area (Å²) < 4.78 is 0. The molecule has 0 aliphatic carbocycles. The van der Waals surface area contributed by atoms with Crippen molar-refractivity contribution in [2.75, 3.05) is 45.9 Å². The molecule has 1 aromatic carbocycles. The molecule has 28 nitrogen and oxygen atoms in total. The number of amides is 8. The fourth-order valence-electron chi connectivity index (χ4n) is 9.37. The lowest BCUT2D eigenvalue weighted by Crippen LogP contribution is -2.60. The van der Waals surface area contributed by atoms with Gasteiger partial charge >= 0.3 is 5.97 Å². The third kappa shape index (κ3) is 17.5. The summed E-state index contributed by atoms with van der Waals surface area (Å²) in [6.45, 7) is -1.04. The number of aliphatic imine (C=N–C) groups is 2. The molecule has 422 valence electrons. The molecule has 3 fully saturated rings. The number of nitrogens with two attached hydrogens (primary N) is 5. The molecule has 0 saturated carbocycles. The molecule has 9 atom stereocenters. The number of phenolic OH excluding ortho intramolecular Hbond substituents is 1. The number of guanidine groups is 2. The molecule has 2 aromatic rings. The molecule has 0 spiro atoms. The number of benzene rings is 1. The van der Waals surface area contributed by atoms with Crippen LogP contribution in [0.2, 0.25) is 0 Å². The number of aromatic hydroxyl groups is 1. The first-order chi connectivity index (χ1) is 36.7. The van der Waals surface area contributed by atoms with Crippen molar-refractivity contribution in [3.8, 4) is 5.75 Å². The summed E-state index contributed by atoms with van der Waals surface area (Å²) in [6, 6.07) is -1.12. The SMILES string of the molecule is NC(N)=NCCC[C@H](NC(=O)[C@H](Cc1ccc(O)cc1)NC(=O)[C@@H]1CCCN1C(=O)[C@H](CO)NC(=O)[C@H](Cc1cccs1)NC(=O)CNC(=O)[C@@H]1[C@@H](O)CCN1C(=O)[C@@H]1CCCN1C(=O)[C@@H](N)CCCN=C(N)N)C(=O)O. The van der Waals surface area contributed by atoms with Crippen LogP contribution >= 0.6 is 11.3 Å². The van der Waals surface area contributed by atoms with Crippen LogP contribution in [0, 0.1) is 0 Å². The second-order valence-electron chi connectivity index (χ2n) is 18.9. The zero-order valence-corrected chi connectivity index (χ0v) is 43.3. The second-order valence-corrected chi connectivity index (χ2v) is 19.9. The van der Waals surface area contributed by atoms with E-state index in [0.29, 0.717) is 36.1 Å². The Balaban J connectivity index is 1.21. The van der Waals surface area contributed by atoms with E-state index in [2.05, 4.69) is 36.6 Å². The minimum Gasteiger partial charge on any atom is -0.508 e. The number of carboxylic acid groups (broad SMARTS) is 1. The van der Waals surface area contributed by atoms with Crippen molar-refractivity contribution in [1.82, 2.24) is 41.3 Å². The zero-order chi connectivity index (χ0) is 56.3. The summed E-state index contributed by atoms with van der Waals surface area (Å²) in [5.74, 6) is -7.88. The number of aliphatic hydroxyl groups excluding tert-OH is 2. The molecule has 29 heteroatoms. The number of nitrogens with zero attached hydrogens (tertiary/aromatic N) is 5. The molecule has 19 N–H and O–H groups in total. The number of aliphatic carboxylic acids is 1. The lowest BCUT2D eigenvalue weighted by atomic mass is 10.0. The lowest BCUT2D eigenvalue weighted by Gasteiger charge is -2.32. The number of likely N-dealkylation sites (tertiary alicyclic amines) is 3. The van der Waals surface area contributed by atoms with Gasteiger partial charge in [0.1, 0.15) is 48.0 Å². The van der Waals surface area contributed by atoms with E-state index in [-0.39, 0.29) is 95.3 Å². The van der Waals surface area contributed by atoms with Gasteiger partial charge in [0.25, 0.3) is 0 Å². The Morgan fingerprint density at radius 2 is 1.29 bits per heavy atom. The number of hydrogen-bond acceptors (Lipinski definition) is 16. The van der Waals surface area contributed by atoms with E-state index in [1.165, 1.54) is 45.4 Å². The number of hydrogen-bond donors (Lipinski definition) is 14. The quantitative estimate of drug-likeness (QED) is 0.0226. The first kappa shape index (κ1) is 60.2. The molecule has 3 saturated heterocycles. The van der Waals surface area contributed by atoms with Gasteiger partial charge in [-0.15, -0.1) is 11.3 Å². The molecule has 3 aliphatic heterocycles. The number of phenols is 1. The highest BCUT2D eigenvalue weighted by Crippen LogP contribution is 2.27. The molecule has 4 heterocycles. The third-order valence-electron chi connectivity index (χ3n) is 13.3. The molecule has 1 aromatic heterocycles. The Bertz CT molecular complexity index is 2460. The number of rotatable bonds is 27. The fraction of sp³-hybridized carbons (Fsp3) is 0.562. The van der Waals surface area contributed by atoms with E-state index in [1.54, 1.807) is 17.5 Å². The number of carboxylic acids is 1. The van der Waals surface area contributed by atoms with Gasteiger partial charge in [0.15, 0.2) is 11.9 Å². The van der Waals surface area contributed by atoms with Crippen molar-refractivity contribution in [3.63, 3.8) is 0 Å². The number of carbonyl (C=O) groups excluding carboxylic acids is 8. The van der Waals surface area contributed by atoms with E-state index < -0.39 is 121 Å². The van der Waals surface area contributed by atoms with Crippen molar-refractivity contribution < 1.29 is 63.6 Å². The first-order valence-corrected chi connectivity index (χ1v) is 26.1. The van der Waals surface area contributed by atoms with Gasteiger partial charge in [0.05, 0.1) is 25.3 Å². The normalized spacial score (nSPS) is 19.9. The van der Waals surface area contributed by atoms with E-state index in [9.17, 15) is 63.6 Å². The minimum atomic E-state index is -1.63. The van der Waals surface area contributed by atoms with E-state index in [1.807, 2.05) is 0 Å². The molecular formula is C48H71N15O13S. The van der Waals surface area contributed by atoms with Gasteiger partial charge < -0.3 is 90.4 Å². The van der Waals surface area contributed by atoms with Crippen molar-refractivity contribution in [2.45, 2.75) is 125 Å². The second kappa shape index (κ2) is 29.0. The highest BCUT2D eigenvalue weighted by molar-refractivity contribution is 7.09. The van der Waals surface area contributed by atoms with Gasteiger partial charge in [-0.05, 0) is 86.9 Å². The Morgan fingerprint density at radius 3 is 1.88 bits per heavy atom. The van der Waals surface area contributed by atoms with Crippen LogP contribution in [-0.2, 0) is 56.0 Å². The minimum absolute atomic E-state index is 0.0107. The van der Waals surface area contributed by atoms with Crippen LogP contribution in [0.1, 0.15) is 68.2 Å². The fourth-order valence-corrected chi connectivity index (χ4v) is 10.1. The van der Waals surface area contributed by atoms with Crippen molar-refractivity contribution in [2.24, 2.45) is 38.7 Å². The van der Waals surface area contributed by atoms with Crippen LogP contribution < -0.4 is 55.3 Å². The van der Waals surface area contributed by atoms with Crippen LogP contribution in [0.3, 0.4) is 0 Å². The Labute approximate surface area is 447 Å². The maximum atomic E-state index is 14.1. The lowest BCUT2D eigenvalue weighted by molar-refractivity contribution is -0.148. The summed E-state index contributed by atoms with van der Waals surface area (Å²) in [6.07, 6.45) is 0.505. The number of aliphatic hydroxyl groups is 2. The van der Waals surface area contributed by atoms with Crippen molar-refractivity contribution >= 4 is 76.5 Å². The Kier molecular flexibility index (Phi) is 22.7. The van der Waals surface area contributed by atoms with E-state index >= 15 is 0 Å². The van der Waals surface area contributed by atoms with E-state index in [4.69, 9.17) is 28.7 Å². The molecule has 8 amide bonds. The summed E-state index contributed by atoms with van der Waals surface area (Å²) in [4.78, 5) is 134. The average molecular weight is 1100 g/mol. The Morgan fingerprint density at radius 1 is 0.688 bits per heavy atom. The van der Waals surface area contributed by atoms with Crippen molar-refractivity contribution in [3.05, 3.63) is 52.2 Å². The smallest absolute Gasteiger partial charge is 0.326 e. The summed E-state index contributed by atoms with van der Waals surface area (Å²) in [5.41, 5.74) is 28.1. The third-order valence-corrected chi connectivity index (χ3v) is 14.2. The Hall–Kier alpha value is -7.63. The van der Waals surface area contributed by atoms with Crippen LogP contribution in [-0.4, -0.2) is 201 Å². The molecule has 0 unspecified atom stereocenters. The number of nitrogens with one attached hydrogen (secondary N) is 5. The van der Waals surface area contributed by atoms with Gasteiger partial charge in [0, 0.05) is 50.4 Å². The molecule has 5 rings (SSSR count). The summed E-state index contributed by atoms with van der Waals surface area (Å²) in [5, 5.41) is 55.4. The highest BCUT2D eigenvalue weighted by Gasteiger charge is 2.47. The standard InChI is InChI=1S/C48H71N15O13S/c49-29(7-1-16-54-47(50)51)43(72)62-19-4-10-35(62)45(74)63-20-15-36(66)38(63)42(71)56-24-37(67)57-32(23-28-6-5-21-77-28)40(69)60-33(25-64)44(73)61-18-3-9-34(61)41(70)59-31(22-26-11-13-27(65)14-12-26)39(68)58-30(46(75)76)8-2-17-55-48(52)53/h5-6,11-14,21,29-36,38,64-66H,1-4,7-10,15-20,22-25,49H2,(H,56,71)(H,57,67)(H,58,68)(H,59,70)(H,60,69)(H,75,76)(H4,50,51,54)(H4,52,53,55)/t29-,30-,31-,32-,33-,34-,35-,36-,38-/m0/s1. The molecular weight excluding hydrogens is 1030 g/mol. The van der Waals surface area contributed by atoms with Crippen LogP contribution in [0.5, 0.6) is 5.75 Å². The monoisotopic (exact) mass is 1100 g/mol. The summed E-state index contributed by atoms with van der Waals surface area (Å²) in [7, 11) is 0. The predicted octanol–water partition coefficient (Wildman–Crippen LogP) is -5.25. The molecule has 3 aliphatic rings. The number of carbonyl (C=O) groups is 9. The largest absolute Gasteiger partial charge is 0.508 e. The summed E-state index contributed by atoms with van der Waals surface area (Å²) >= 11 is 1.26. The van der Waals surface area contributed by atoms with Crippen LogP contribution in [0.15, 0.2) is 51.8 Å². The highest BCUT2D eigenvalue weighted by atomic mass is 32.1. The maximum Gasteiger partial charge on any atom is 0.326 e. The predicted molar refractivity (Wildman–Crippen MR) is 279 cm³/mol. The molecule has 0 bridgehead atoms. The van der Waals surface area contributed by atoms with E-state index in [0.717, 1.165) is 4.90 Å². The first-order valence-electron chi connectivity index (χ1n) is 25.3. The number of thiophene rings is 1. The molecule has 77 heavy (non-hydrogen) atoms. The van der Waals surface area contributed by atoms with Gasteiger partial charge in [0.2, 0.25) is 47.3 Å². The van der Waals surface area contributed by atoms with Gasteiger partial charge in [-0.2, -0.15) is 0 Å². The van der Waals surface area contributed by atoms with Gasteiger partial charge in [-0.1, -0.05) is 18.2 Å². The average Bonchev–Trinajstić information content (AvgIpc) is 4.26. The topological polar surface area (TPSA) is 459 Å². The van der Waals surface area contributed by atoms with Gasteiger partial charge in [-0.3, -0.25) is 48.3 Å². The maximum absolute atomic E-state index is 14.1. The van der Waals surface area contributed by atoms with Crippen LogP contribution in [0.25, 0.3) is 0 Å². The van der Waals surface area contributed by atoms with Crippen LogP contribution in [0.4, 0.5) is 0 Å². The molecule has 0 radical (unpaired) electrons.